The van der Waals surface area contributed by atoms with Crippen LogP contribution in [0.25, 0.3) is 5.69 Å². The van der Waals surface area contributed by atoms with E-state index >= 15 is 0 Å². The second kappa shape index (κ2) is 4.25. The monoisotopic (exact) mass is 258 g/mol. The first-order chi connectivity index (χ1) is 8.41. The Kier molecular flexibility index (Phi) is 2.90. The summed E-state index contributed by atoms with van der Waals surface area (Å²) in [6.07, 6.45) is -1.82. The van der Waals surface area contributed by atoms with Crippen LogP contribution in [-0.2, 0) is 6.18 Å². The van der Waals surface area contributed by atoms with Gasteiger partial charge >= 0.3 is 6.18 Å². The Morgan fingerprint density at radius 2 is 2.00 bits per heavy atom. The highest BCUT2D eigenvalue weighted by Crippen LogP contribution is 2.31. The zero-order valence-corrected chi connectivity index (χ0v) is 8.78. The highest BCUT2D eigenvalue weighted by Gasteiger charge is 2.31. The van der Waals surface area contributed by atoms with E-state index in [2.05, 4.69) is 5.10 Å². The van der Waals surface area contributed by atoms with Gasteiger partial charge in [-0.25, -0.2) is 9.07 Å². The number of benzene rings is 1. The molecule has 3 nitrogen and oxygen atoms in total. The van der Waals surface area contributed by atoms with E-state index in [4.69, 9.17) is 0 Å². The van der Waals surface area contributed by atoms with Gasteiger partial charge in [-0.05, 0) is 18.2 Å². The van der Waals surface area contributed by atoms with Crippen molar-refractivity contribution < 1.29 is 22.4 Å². The van der Waals surface area contributed by atoms with Crippen LogP contribution in [0.15, 0.2) is 30.6 Å². The van der Waals surface area contributed by atoms with Crippen molar-refractivity contribution in [3.05, 3.63) is 47.5 Å². The van der Waals surface area contributed by atoms with Crippen molar-refractivity contribution in [1.29, 1.82) is 0 Å². The predicted molar refractivity (Wildman–Crippen MR) is 53.9 cm³/mol. The van der Waals surface area contributed by atoms with Crippen molar-refractivity contribution in [1.82, 2.24) is 9.78 Å². The molecule has 1 heterocycles. The molecule has 0 radical (unpaired) electrons. The van der Waals surface area contributed by atoms with Crippen LogP contribution in [0.1, 0.15) is 15.9 Å². The molecule has 0 amide bonds. The van der Waals surface area contributed by atoms with Gasteiger partial charge in [0.1, 0.15) is 11.5 Å². The first kappa shape index (κ1) is 12.3. The zero-order chi connectivity index (χ0) is 13.3. The Morgan fingerprint density at radius 1 is 1.28 bits per heavy atom. The average Bonchev–Trinajstić information content (AvgIpc) is 2.76. The Balaban J connectivity index is 2.52. The van der Waals surface area contributed by atoms with E-state index < -0.39 is 17.6 Å². The summed E-state index contributed by atoms with van der Waals surface area (Å²) in [5, 5.41) is 3.62. The molecule has 7 heteroatoms. The molecule has 1 aromatic carbocycles. The van der Waals surface area contributed by atoms with Gasteiger partial charge in [0.05, 0.1) is 17.3 Å². The molecule has 0 atom stereocenters. The van der Waals surface area contributed by atoms with Gasteiger partial charge in [0.2, 0.25) is 0 Å². The van der Waals surface area contributed by atoms with E-state index in [-0.39, 0.29) is 11.3 Å². The van der Waals surface area contributed by atoms with Gasteiger partial charge in [0, 0.05) is 6.20 Å². The number of hydrogen-bond donors (Lipinski definition) is 0. The molecule has 0 fully saturated rings. The molecule has 18 heavy (non-hydrogen) atoms. The van der Waals surface area contributed by atoms with Crippen molar-refractivity contribution in [2.45, 2.75) is 6.18 Å². The predicted octanol–water partition coefficient (Wildman–Crippen LogP) is 2.84. The van der Waals surface area contributed by atoms with Gasteiger partial charge in [0.25, 0.3) is 0 Å². The summed E-state index contributed by atoms with van der Waals surface area (Å²) in [4.78, 5) is 10.4. The Hall–Kier alpha value is -2.18. The van der Waals surface area contributed by atoms with Crippen LogP contribution >= 0.6 is 0 Å². The van der Waals surface area contributed by atoms with Gasteiger partial charge in [0.15, 0.2) is 6.29 Å². The van der Waals surface area contributed by atoms with Crippen LogP contribution in [0.4, 0.5) is 17.6 Å². The maximum atomic E-state index is 13.4. The van der Waals surface area contributed by atoms with E-state index in [9.17, 15) is 22.4 Å². The maximum absolute atomic E-state index is 13.4. The molecule has 2 aromatic rings. The van der Waals surface area contributed by atoms with Gasteiger partial charge in [-0.3, -0.25) is 4.79 Å². The van der Waals surface area contributed by atoms with Crippen LogP contribution in [0.2, 0.25) is 0 Å². The third-order valence-corrected chi connectivity index (χ3v) is 2.26. The molecule has 0 aliphatic carbocycles. The molecule has 0 saturated heterocycles. The molecule has 94 valence electrons. The fraction of sp³-hybridized carbons (Fsp3) is 0.0909. The molecule has 0 aliphatic heterocycles. The minimum Gasteiger partial charge on any atom is -0.298 e. The normalized spacial score (nSPS) is 11.6. The van der Waals surface area contributed by atoms with Gasteiger partial charge in [-0.15, -0.1) is 0 Å². The number of nitrogens with zero attached hydrogens (tertiary/aromatic N) is 2. The molecule has 0 bridgehead atoms. The van der Waals surface area contributed by atoms with Crippen molar-refractivity contribution in [3.8, 4) is 5.69 Å². The van der Waals surface area contributed by atoms with E-state index in [1.54, 1.807) is 0 Å². The van der Waals surface area contributed by atoms with E-state index in [0.717, 1.165) is 17.1 Å². The lowest BCUT2D eigenvalue weighted by Crippen LogP contribution is -2.07. The van der Waals surface area contributed by atoms with Crippen LogP contribution in [-0.4, -0.2) is 16.1 Å². The third kappa shape index (κ3) is 2.24. The average molecular weight is 258 g/mol. The number of carbonyl (C=O) groups is 1. The smallest absolute Gasteiger partial charge is 0.298 e. The Labute approximate surface area is 98.6 Å². The molecule has 0 saturated carbocycles. The first-order valence-corrected chi connectivity index (χ1v) is 4.79. The van der Waals surface area contributed by atoms with Gasteiger partial charge in [-0.2, -0.15) is 18.3 Å². The second-order valence-electron chi connectivity index (χ2n) is 3.50. The fourth-order valence-corrected chi connectivity index (χ4v) is 1.39. The third-order valence-electron chi connectivity index (χ3n) is 2.26. The highest BCUT2D eigenvalue weighted by molar-refractivity contribution is 5.73. The minimum atomic E-state index is -4.57. The Bertz CT molecular complexity index is 589. The summed E-state index contributed by atoms with van der Waals surface area (Å²) < 4.78 is 51.8. The molecular formula is C11H6F4N2O. The molecule has 1 aromatic heterocycles. The zero-order valence-electron chi connectivity index (χ0n) is 8.78. The molecule has 0 spiro atoms. The quantitative estimate of drug-likeness (QED) is 0.613. The van der Waals surface area contributed by atoms with Gasteiger partial charge in [-0.1, -0.05) is 0 Å². The van der Waals surface area contributed by atoms with Crippen LogP contribution in [0.3, 0.4) is 0 Å². The largest absolute Gasteiger partial charge is 0.416 e. The summed E-state index contributed by atoms with van der Waals surface area (Å²) in [6, 6.07) is 1.99. The summed E-state index contributed by atoms with van der Waals surface area (Å²) >= 11 is 0. The summed E-state index contributed by atoms with van der Waals surface area (Å²) in [6.45, 7) is 0. The number of rotatable bonds is 2. The lowest BCUT2D eigenvalue weighted by Gasteiger charge is -2.09. The maximum Gasteiger partial charge on any atom is 0.416 e. The minimum absolute atomic E-state index is 0.145. The number of aromatic nitrogens is 2. The molecule has 0 aliphatic rings. The number of carbonyl (C=O) groups excluding carboxylic acids is 1. The SMILES string of the molecule is O=Cc1cnn(-c2cc(C(F)(F)F)ccc2F)c1. The van der Waals surface area contributed by atoms with Crippen molar-refractivity contribution in [2.75, 3.05) is 0 Å². The number of halogens is 4. The van der Waals surface area contributed by atoms with Crippen LogP contribution in [0, 0.1) is 5.82 Å². The number of alkyl halides is 3. The number of hydrogen-bond acceptors (Lipinski definition) is 2. The lowest BCUT2D eigenvalue weighted by molar-refractivity contribution is -0.137. The molecule has 2 rings (SSSR count). The van der Waals surface area contributed by atoms with Crippen molar-refractivity contribution >= 4 is 6.29 Å². The van der Waals surface area contributed by atoms with Gasteiger partial charge < -0.3 is 0 Å². The van der Waals surface area contributed by atoms with E-state index in [0.29, 0.717) is 24.5 Å². The molecule has 0 N–H and O–H groups in total. The van der Waals surface area contributed by atoms with Crippen molar-refractivity contribution in [2.24, 2.45) is 0 Å². The highest BCUT2D eigenvalue weighted by atomic mass is 19.4. The molecular weight excluding hydrogens is 252 g/mol. The van der Waals surface area contributed by atoms with Crippen LogP contribution < -0.4 is 0 Å². The standard InChI is InChI=1S/C11H6F4N2O/c12-9-2-1-8(11(13,14)15)3-10(9)17-5-7(6-18)4-16-17/h1-6H. The molecule has 0 unspecified atom stereocenters. The number of aldehydes is 1. The Morgan fingerprint density at radius 3 is 2.56 bits per heavy atom. The lowest BCUT2D eigenvalue weighted by atomic mass is 10.2. The first-order valence-electron chi connectivity index (χ1n) is 4.79. The summed E-state index contributed by atoms with van der Waals surface area (Å²) in [7, 11) is 0. The summed E-state index contributed by atoms with van der Waals surface area (Å²) in [5.41, 5.74) is -1.20. The summed E-state index contributed by atoms with van der Waals surface area (Å²) in [5.74, 6) is -0.858. The fourth-order valence-electron chi connectivity index (χ4n) is 1.39. The topological polar surface area (TPSA) is 34.9 Å². The van der Waals surface area contributed by atoms with E-state index in [1.807, 2.05) is 0 Å². The van der Waals surface area contributed by atoms with Crippen LogP contribution in [0.5, 0.6) is 0 Å². The second-order valence-corrected chi connectivity index (χ2v) is 3.50. The van der Waals surface area contributed by atoms with E-state index in [1.165, 1.54) is 0 Å². The van der Waals surface area contributed by atoms with Crippen molar-refractivity contribution in [3.63, 3.8) is 0 Å².